The van der Waals surface area contributed by atoms with Crippen molar-refractivity contribution in [2.45, 2.75) is 89.9 Å². The van der Waals surface area contributed by atoms with Gasteiger partial charge in [0.15, 0.2) is 0 Å². The van der Waals surface area contributed by atoms with Crippen molar-refractivity contribution in [2.24, 2.45) is 23.7 Å². The van der Waals surface area contributed by atoms with Gasteiger partial charge >= 0.3 is 0 Å². The number of nitrogens with one attached hydrogen (secondary N) is 2. The summed E-state index contributed by atoms with van der Waals surface area (Å²) in [5.41, 5.74) is 3.60. The first-order chi connectivity index (χ1) is 23.5. The SMILES string of the molecule is CCCCCCN1CC2C(C1)C2(C)c1cc(NS(C)(=O)=O)c(Cl)cc1Cl.CCCCCCN1CC2C(C1)C2(C)c1cccc(NS(C)(=O)=O)c1. The number of rotatable bonds is 16. The Morgan fingerprint density at radius 2 is 1.18 bits per heavy atom. The van der Waals surface area contributed by atoms with Crippen molar-refractivity contribution in [3.63, 3.8) is 0 Å². The fourth-order valence-electron chi connectivity index (χ4n) is 9.01. The first-order valence-electron chi connectivity index (χ1n) is 18.5. The summed E-state index contributed by atoms with van der Waals surface area (Å²) in [6, 6.07) is 11.4. The van der Waals surface area contributed by atoms with Gasteiger partial charge in [-0.1, -0.05) is 102 Å². The van der Waals surface area contributed by atoms with Crippen molar-refractivity contribution in [2.75, 3.05) is 61.2 Å². The molecule has 8 nitrogen and oxygen atoms in total. The lowest BCUT2D eigenvalue weighted by Crippen LogP contribution is -2.30. The lowest BCUT2D eigenvalue weighted by molar-refractivity contribution is 0.271. The van der Waals surface area contributed by atoms with Crippen molar-refractivity contribution >= 4 is 54.6 Å². The summed E-state index contributed by atoms with van der Waals surface area (Å²) in [5, 5.41) is 0.955. The molecule has 50 heavy (non-hydrogen) atoms. The highest BCUT2D eigenvalue weighted by atomic mass is 35.5. The van der Waals surface area contributed by atoms with Crippen LogP contribution in [0.15, 0.2) is 36.4 Å². The van der Waals surface area contributed by atoms with Gasteiger partial charge in [0.1, 0.15) is 0 Å². The first-order valence-corrected chi connectivity index (χ1v) is 23.1. The number of benzene rings is 2. The van der Waals surface area contributed by atoms with E-state index in [1.165, 1.54) is 89.4 Å². The Labute approximate surface area is 312 Å². The molecule has 4 atom stereocenters. The smallest absolute Gasteiger partial charge is 0.229 e. The van der Waals surface area contributed by atoms with Gasteiger partial charge in [-0.2, -0.15) is 0 Å². The fourth-order valence-corrected chi connectivity index (χ4v) is 10.8. The number of anilines is 2. The van der Waals surface area contributed by atoms with Gasteiger partial charge in [-0.25, -0.2) is 16.8 Å². The van der Waals surface area contributed by atoms with Gasteiger partial charge < -0.3 is 9.80 Å². The van der Waals surface area contributed by atoms with Crippen LogP contribution in [0.25, 0.3) is 0 Å². The largest absolute Gasteiger partial charge is 0.303 e. The molecule has 280 valence electrons. The molecule has 0 amide bonds. The van der Waals surface area contributed by atoms with Crippen molar-refractivity contribution in [3.05, 3.63) is 57.6 Å². The molecule has 2 heterocycles. The van der Waals surface area contributed by atoms with E-state index in [1.807, 2.05) is 24.3 Å². The molecule has 2 saturated carbocycles. The molecule has 0 bridgehead atoms. The summed E-state index contributed by atoms with van der Waals surface area (Å²) in [5.74, 6) is 2.60. The Kier molecular flexibility index (Phi) is 12.5. The Bertz CT molecular complexity index is 1700. The second-order valence-corrected chi connectivity index (χ2v) is 20.1. The average Bonchev–Trinajstić information content (AvgIpc) is 3.52. The van der Waals surface area contributed by atoms with E-state index in [-0.39, 0.29) is 10.8 Å². The molecule has 0 aromatic heterocycles. The van der Waals surface area contributed by atoms with Crippen LogP contribution < -0.4 is 9.44 Å². The maximum absolute atomic E-state index is 11.6. The number of hydrogen-bond acceptors (Lipinski definition) is 6. The normalized spacial score (nSPS) is 28.8. The van der Waals surface area contributed by atoms with Gasteiger partial charge in [-0.3, -0.25) is 9.44 Å². The van der Waals surface area contributed by atoms with Crippen LogP contribution in [0, 0.1) is 23.7 Å². The quantitative estimate of drug-likeness (QED) is 0.167. The number of halogens is 2. The predicted molar refractivity (Wildman–Crippen MR) is 210 cm³/mol. The maximum Gasteiger partial charge on any atom is 0.229 e. The third-order valence-electron chi connectivity index (χ3n) is 12.0. The highest BCUT2D eigenvalue weighted by molar-refractivity contribution is 7.92. The molecule has 12 heteroatoms. The molecule has 4 aliphatic rings. The summed E-state index contributed by atoms with van der Waals surface area (Å²) in [6.45, 7) is 16.1. The predicted octanol–water partition coefficient (Wildman–Crippen LogP) is 8.22. The molecule has 4 fully saturated rings. The van der Waals surface area contributed by atoms with Gasteiger partial charge in [0, 0.05) is 47.7 Å². The van der Waals surface area contributed by atoms with E-state index in [9.17, 15) is 16.8 Å². The molecular formula is C38H58Cl2N4O4S2. The Hall–Kier alpha value is -1.56. The van der Waals surface area contributed by atoms with E-state index in [1.54, 1.807) is 6.07 Å². The summed E-state index contributed by atoms with van der Waals surface area (Å²) in [4.78, 5) is 5.18. The minimum atomic E-state index is -3.38. The van der Waals surface area contributed by atoms with Crippen LogP contribution >= 0.6 is 23.2 Å². The number of sulfonamides is 2. The van der Waals surface area contributed by atoms with E-state index >= 15 is 0 Å². The van der Waals surface area contributed by atoms with Crippen LogP contribution in [-0.4, -0.2) is 78.4 Å². The van der Waals surface area contributed by atoms with E-state index in [0.29, 0.717) is 33.3 Å². The first kappa shape index (κ1) is 39.6. The van der Waals surface area contributed by atoms with Gasteiger partial charge in [0.2, 0.25) is 20.0 Å². The number of likely N-dealkylation sites (tertiary alicyclic amines) is 2. The zero-order valence-electron chi connectivity index (χ0n) is 30.8. The van der Waals surface area contributed by atoms with Gasteiger partial charge in [-0.05, 0) is 85.0 Å². The summed E-state index contributed by atoms with van der Waals surface area (Å²) in [6.07, 6.45) is 12.8. The summed E-state index contributed by atoms with van der Waals surface area (Å²) < 4.78 is 51.2. The third-order valence-corrected chi connectivity index (χ3v) is 13.9. The molecule has 0 radical (unpaired) electrons. The molecule has 4 unspecified atom stereocenters. The second kappa shape index (κ2) is 15.8. The fraction of sp³-hybridized carbons (Fsp3) is 0.684. The third kappa shape index (κ3) is 9.14. The summed E-state index contributed by atoms with van der Waals surface area (Å²) >= 11 is 12.7. The zero-order chi connectivity index (χ0) is 36.5. The van der Waals surface area contributed by atoms with Crippen molar-refractivity contribution in [1.29, 1.82) is 0 Å². The highest BCUT2D eigenvalue weighted by Crippen LogP contribution is 2.65. The molecule has 2 aliphatic heterocycles. The lowest BCUT2D eigenvalue weighted by Gasteiger charge is -2.25. The van der Waals surface area contributed by atoms with E-state index in [0.717, 1.165) is 36.7 Å². The number of nitrogens with zero attached hydrogens (tertiary/aromatic N) is 2. The highest BCUT2D eigenvalue weighted by Gasteiger charge is 2.66. The molecule has 2 aliphatic carbocycles. The average molecular weight is 770 g/mol. The van der Waals surface area contributed by atoms with E-state index in [4.69, 9.17) is 23.2 Å². The summed E-state index contributed by atoms with van der Waals surface area (Å²) in [7, 11) is -6.60. The van der Waals surface area contributed by atoms with Gasteiger partial charge in [0.25, 0.3) is 0 Å². The van der Waals surface area contributed by atoms with Crippen LogP contribution in [-0.2, 0) is 30.9 Å². The minimum absolute atomic E-state index is 0.00945. The standard InChI is InChI=1S/C19H28Cl2N2O2S.C19H30N2O2S/c1-4-5-6-7-8-23-11-14-15(12-23)19(14,2)13-9-18(22-26(3,24)25)17(21)10-16(13)20;1-4-5-6-7-11-21-13-17-18(14-21)19(17,2)15-9-8-10-16(12-15)20-24(3,22)23/h9-10,14-15,22H,4-8,11-12H2,1-3H3;8-10,12,17-18,20H,4-7,11,13-14H2,1-3H3. The number of fused-ring (bicyclic) bond motifs is 2. The van der Waals surface area contributed by atoms with Gasteiger partial charge in [0.05, 0.1) is 23.2 Å². The molecule has 2 aromatic rings. The van der Waals surface area contributed by atoms with E-state index in [2.05, 4.69) is 53.0 Å². The number of unbranched alkanes of at least 4 members (excludes halogenated alkanes) is 6. The Morgan fingerprint density at radius 1 is 0.680 bits per heavy atom. The molecule has 6 rings (SSSR count). The second-order valence-electron chi connectivity index (χ2n) is 15.8. The monoisotopic (exact) mass is 768 g/mol. The van der Waals surface area contributed by atoms with Crippen LogP contribution in [0.3, 0.4) is 0 Å². The minimum Gasteiger partial charge on any atom is -0.303 e. The van der Waals surface area contributed by atoms with Gasteiger partial charge in [-0.15, -0.1) is 0 Å². The van der Waals surface area contributed by atoms with Crippen molar-refractivity contribution in [1.82, 2.24) is 9.80 Å². The topological polar surface area (TPSA) is 98.8 Å². The molecule has 0 spiro atoms. The number of hydrogen-bond donors (Lipinski definition) is 2. The van der Waals surface area contributed by atoms with Crippen LogP contribution in [0.4, 0.5) is 11.4 Å². The lowest BCUT2D eigenvalue weighted by atomic mass is 9.91. The Balaban J connectivity index is 0.000000195. The van der Waals surface area contributed by atoms with Crippen molar-refractivity contribution in [3.8, 4) is 0 Å². The van der Waals surface area contributed by atoms with Crippen LogP contribution in [0.1, 0.15) is 90.2 Å². The van der Waals surface area contributed by atoms with Crippen LogP contribution in [0.2, 0.25) is 10.0 Å². The maximum atomic E-state index is 11.6. The van der Waals surface area contributed by atoms with Crippen LogP contribution in [0.5, 0.6) is 0 Å². The molecule has 2 aromatic carbocycles. The molecule has 2 N–H and O–H groups in total. The molecule has 2 saturated heterocycles. The van der Waals surface area contributed by atoms with Crippen molar-refractivity contribution < 1.29 is 16.8 Å². The van der Waals surface area contributed by atoms with E-state index < -0.39 is 20.0 Å². The zero-order valence-corrected chi connectivity index (χ0v) is 33.9. The molecular weight excluding hydrogens is 711 g/mol. The Morgan fingerprint density at radius 3 is 1.66 bits per heavy atom. The number of piperidine rings is 2.